The van der Waals surface area contributed by atoms with E-state index >= 15 is 0 Å². The highest BCUT2D eigenvalue weighted by Gasteiger charge is 2.38. The molecule has 0 amide bonds. The Hall–Kier alpha value is -0.170. The van der Waals surface area contributed by atoms with E-state index in [2.05, 4.69) is 9.62 Å². The van der Waals surface area contributed by atoms with Crippen LogP contribution in [-0.2, 0) is 10.0 Å². The number of nitrogens with one attached hydrogen (secondary N) is 1. The molecule has 1 atom stereocenters. The van der Waals surface area contributed by atoms with Gasteiger partial charge >= 0.3 is 0 Å². The van der Waals surface area contributed by atoms with Gasteiger partial charge in [-0.2, -0.15) is 0 Å². The van der Waals surface area contributed by atoms with Crippen molar-refractivity contribution >= 4 is 10.0 Å². The highest BCUT2D eigenvalue weighted by molar-refractivity contribution is 7.90. The highest BCUT2D eigenvalue weighted by Crippen LogP contribution is 2.39. The molecule has 5 nitrogen and oxygen atoms in total. The molecule has 0 aromatic rings. The van der Waals surface area contributed by atoms with E-state index in [1.165, 1.54) is 6.42 Å². The topological polar surface area (TPSA) is 75.4 Å². The zero-order valence-corrected chi connectivity index (χ0v) is 11.3. The molecule has 3 N–H and O–H groups in total. The van der Waals surface area contributed by atoms with Gasteiger partial charge in [0.15, 0.2) is 0 Å². The molecule has 1 saturated heterocycles. The second-order valence-corrected chi connectivity index (χ2v) is 7.64. The van der Waals surface area contributed by atoms with Gasteiger partial charge in [0.1, 0.15) is 0 Å². The largest absolute Gasteiger partial charge is 0.330 e. The van der Waals surface area contributed by atoms with Crippen LogP contribution in [0.15, 0.2) is 0 Å². The molecular formula is C11H23N3O2S. The molecule has 1 aliphatic heterocycles. The second kappa shape index (κ2) is 4.84. The number of rotatable bonds is 5. The Morgan fingerprint density at radius 1 is 1.47 bits per heavy atom. The molecule has 0 bridgehead atoms. The summed E-state index contributed by atoms with van der Waals surface area (Å²) in [4.78, 5) is 2.06. The molecule has 1 aliphatic carbocycles. The molecule has 2 fully saturated rings. The van der Waals surface area contributed by atoms with Gasteiger partial charge in [-0.3, -0.25) is 0 Å². The lowest BCUT2D eigenvalue weighted by Crippen LogP contribution is -2.48. The lowest BCUT2D eigenvalue weighted by Gasteiger charge is -2.41. The molecule has 2 rings (SSSR count). The predicted octanol–water partition coefficient (Wildman–Crippen LogP) is -0.261. The smallest absolute Gasteiger partial charge is 0.215 e. The summed E-state index contributed by atoms with van der Waals surface area (Å²) in [6.07, 6.45) is 4.01. The van der Waals surface area contributed by atoms with Crippen LogP contribution in [0.4, 0.5) is 0 Å². The molecular weight excluding hydrogens is 238 g/mol. The Balaban J connectivity index is 1.89. The lowest BCUT2D eigenvalue weighted by molar-refractivity contribution is 0.150. The van der Waals surface area contributed by atoms with Crippen LogP contribution in [0.1, 0.15) is 25.7 Å². The highest BCUT2D eigenvalue weighted by atomic mass is 32.2. The molecule has 2 aliphatic rings. The molecule has 1 unspecified atom stereocenters. The fraction of sp³-hybridized carbons (Fsp3) is 1.00. The molecule has 17 heavy (non-hydrogen) atoms. The Bertz CT molecular complexity index is 359. The Labute approximate surface area is 104 Å². The molecule has 100 valence electrons. The van der Waals surface area contributed by atoms with Gasteiger partial charge < -0.3 is 10.6 Å². The second-order valence-electron chi connectivity index (χ2n) is 5.60. The SMILES string of the molecule is CN1CCC(S(=O)(=O)NCC2(CN)CCC2)C1. The minimum atomic E-state index is -3.16. The van der Waals surface area contributed by atoms with Crippen molar-refractivity contribution in [1.29, 1.82) is 0 Å². The fourth-order valence-electron chi connectivity index (χ4n) is 2.65. The third kappa shape index (κ3) is 2.81. The summed E-state index contributed by atoms with van der Waals surface area (Å²) in [5.41, 5.74) is 5.77. The van der Waals surface area contributed by atoms with Crippen molar-refractivity contribution < 1.29 is 8.42 Å². The number of sulfonamides is 1. The maximum atomic E-state index is 12.1. The summed E-state index contributed by atoms with van der Waals surface area (Å²) in [6, 6.07) is 0. The van der Waals surface area contributed by atoms with Crippen LogP contribution < -0.4 is 10.5 Å². The van der Waals surface area contributed by atoms with Crippen LogP contribution in [0, 0.1) is 5.41 Å². The summed E-state index contributed by atoms with van der Waals surface area (Å²) in [5.74, 6) is 0. The Morgan fingerprint density at radius 3 is 2.59 bits per heavy atom. The van der Waals surface area contributed by atoms with Crippen LogP contribution in [0.25, 0.3) is 0 Å². The van der Waals surface area contributed by atoms with Crippen molar-refractivity contribution in [2.24, 2.45) is 11.1 Å². The average Bonchev–Trinajstić information content (AvgIpc) is 2.64. The van der Waals surface area contributed by atoms with Crippen LogP contribution >= 0.6 is 0 Å². The zero-order valence-electron chi connectivity index (χ0n) is 10.5. The van der Waals surface area contributed by atoms with Crippen LogP contribution in [-0.4, -0.2) is 51.8 Å². The van der Waals surface area contributed by atoms with Gasteiger partial charge in [-0.25, -0.2) is 13.1 Å². The number of hydrogen-bond acceptors (Lipinski definition) is 4. The minimum absolute atomic E-state index is 0.0393. The molecule has 1 saturated carbocycles. The normalized spacial score (nSPS) is 29.2. The molecule has 0 aromatic carbocycles. The number of likely N-dealkylation sites (tertiary alicyclic amines) is 1. The summed E-state index contributed by atoms with van der Waals surface area (Å²) in [6.45, 7) is 2.62. The van der Waals surface area contributed by atoms with Crippen molar-refractivity contribution in [1.82, 2.24) is 9.62 Å². The third-order valence-electron chi connectivity index (χ3n) is 4.28. The van der Waals surface area contributed by atoms with Gasteiger partial charge in [0, 0.05) is 13.1 Å². The van der Waals surface area contributed by atoms with Crippen molar-refractivity contribution in [3.63, 3.8) is 0 Å². The summed E-state index contributed by atoms with van der Waals surface area (Å²) >= 11 is 0. The minimum Gasteiger partial charge on any atom is -0.330 e. The Kier molecular flexibility index (Phi) is 3.77. The first kappa shape index (κ1) is 13.3. The Morgan fingerprint density at radius 2 is 2.18 bits per heavy atom. The number of nitrogens with zero attached hydrogens (tertiary/aromatic N) is 1. The molecule has 6 heteroatoms. The van der Waals surface area contributed by atoms with Crippen LogP contribution in [0.3, 0.4) is 0 Å². The van der Waals surface area contributed by atoms with E-state index in [1.54, 1.807) is 0 Å². The van der Waals surface area contributed by atoms with E-state index < -0.39 is 10.0 Å². The first-order valence-corrected chi connectivity index (χ1v) is 7.89. The summed E-state index contributed by atoms with van der Waals surface area (Å²) < 4.78 is 27.0. The number of hydrogen-bond donors (Lipinski definition) is 2. The van der Waals surface area contributed by atoms with Gasteiger partial charge in [0.05, 0.1) is 5.25 Å². The monoisotopic (exact) mass is 261 g/mol. The van der Waals surface area contributed by atoms with E-state index in [1.807, 2.05) is 7.05 Å². The molecule has 1 heterocycles. The van der Waals surface area contributed by atoms with E-state index in [0.29, 0.717) is 19.6 Å². The maximum absolute atomic E-state index is 12.1. The molecule has 0 spiro atoms. The summed E-state index contributed by atoms with van der Waals surface area (Å²) in [5, 5.41) is -0.248. The van der Waals surface area contributed by atoms with Gasteiger partial charge in [-0.15, -0.1) is 0 Å². The lowest BCUT2D eigenvalue weighted by atomic mass is 9.69. The van der Waals surface area contributed by atoms with Crippen molar-refractivity contribution in [3.05, 3.63) is 0 Å². The van der Waals surface area contributed by atoms with E-state index in [4.69, 9.17) is 5.73 Å². The standard InChI is InChI=1S/C11H23N3O2S/c1-14-6-3-10(7-14)17(15,16)13-9-11(8-12)4-2-5-11/h10,13H,2-9,12H2,1H3. The van der Waals surface area contributed by atoms with Crippen molar-refractivity contribution in [2.75, 3.05) is 33.2 Å². The third-order valence-corrected chi connectivity index (χ3v) is 6.09. The first-order chi connectivity index (χ1) is 7.97. The fourth-order valence-corrected chi connectivity index (χ4v) is 4.26. The van der Waals surface area contributed by atoms with Gasteiger partial charge in [0.25, 0.3) is 0 Å². The number of nitrogens with two attached hydrogens (primary N) is 1. The van der Waals surface area contributed by atoms with Crippen molar-refractivity contribution in [3.8, 4) is 0 Å². The van der Waals surface area contributed by atoms with Crippen LogP contribution in [0.2, 0.25) is 0 Å². The first-order valence-electron chi connectivity index (χ1n) is 6.35. The van der Waals surface area contributed by atoms with E-state index in [0.717, 1.165) is 25.8 Å². The van der Waals surface area contributed by atoms with Gasteiger partial charge in [-0.05, 0) is 44.8 Å². The van der Waals surface area contributed by atoms with Crippen LogP contribution in [0.5, 0.6) is 0 Å². The van der Waals surface area contributed by atoms with E-state index in [-0.39, 0.29) is 10.7 Å². The predicted molar refractivity (Wildman–Crippen MR) is 68.2 cm³/mol. The van der Waals surface area contributed by atoms with E-state index in [9.17, 15) is 8.42 Å². The van der Waals surface area contributed by atoms with Crippen molar-refractivity contribution in [2.45, 2.75) is 30.9 Å². The zero-order chi connectivity index (χ0) is 12.5. The maximum Gasteiger partial charge on any atom is 0.215 e. The van der Waals surface area contributed by atoms with Gasteiger partial charge in [-0.1, -0.05) is 6.42 Å². The quantitative estimate of drug-likeness (QED) is 0.715. The summed E-state index contributed by atoms with van der Waals surface area (Å²) in [7, 11) is -1.20. The average molecular weight is 261 g/mol. The molecule has 0 radical (unpaired) electrons. The van der Waals surface area contributed by atoms with Gasteiger partial charge in [0.2, 0.25) is 10.0 Å². The molecule has 0 aromatic heterocycles.